The lowest BCUT2D eigenvalue weighted by atomic mass is 10.1. The van der Waals surface area contributed by atoms with Crippen LogP contribution in [0, 0.1) is 6.92 Å². The Hall–Kier alpha value is -4.07. The maximum atomic E-state index is 12.3. The smallest absolute Gasteiger partial charge is 0.260 e. The van der Waals surface area contributed by atoms with Gasteiger partial charge >= 0.3 is 0 Å². The van der Waals surface area contributed by atoms with Crippen molar-refractivity contribution in [1.29, 1.82) is 0 Å². The summed E-state index contributed by atoms with van der Waals surface area (Å²) in [6, 6.07) is 12.9. The summed E-state index contributed by atoms with van der Waals surface area (Å²) in [6.45, 7) is 2.13. The average molecular weight is 433 g/mol. The number of benzene rings is 1. The zero-order valence-electron chi connectivity index (χ0n) is 18.1. The molecule has 4 rings (SSSR count). The molecule has 8 heteroatoms. The van der Waals surface area contributed by atoms with Gasteiger partial charge in [0.05, 0.1) is 33.2 Å². The molecule has 8 nitrogen and oxygen atoms in total. The molecule has 0 aliphatic rings. The Morgan fingerprint density at radius 3 is 2.56 bits per heavy atom. The summed E-state index contributed by atoms with van der Waals surface area (Å²) in [5, 5.41) is 0. The van der Waals surface area contributed by atoms with Crippen LogP contribution in [-0.4, -0.2) is 35.2 Å². The number of rotatable bonds is 8. The highest BCUT2D eigenvalue weighted by Crippen LogP contribution is 2.31. The van der Waals surface area contributed by atoms with E-state index in [9.17, 15) is 4.79 Å². The Labute approximate surface area is 185 Å². The van der Waals surface area contributed by atoms with Crippen molar-refractivity contribution in [3.8, 4) is 28.9 Å². The number of nitrogens with zero attached hydrogens (tertiary/aromatic N) is 3. The Bertz CT molecular complexity index is 1300. The number of methoxy groups -OCH3 is 2. The zero-order valence-corrected chi connectivity index (χ0v) is 18.1. The first-order valence-electron chi connectivity index (χ1n) is 10.0. The maximum Gasteiger partial charge on any atom is 0.260 e. The van der Waals surface area contributed by atoms with Gasteiger partial charge in [-0.3, -0.25) is 9.20 Å². The third-order valence-corrected chi connectivity index (χ3v) is 4.90. The molecule has 0 radical (unpaired) electrons. The Kier molecular flexibility index (Phi) is 6.21. The lowest BCUT2D eigenvalue weighted by Crippen LogP contribution is -2.16. The maximum absolute atomic E-state index is 12.3. The number of ether oxygens (including phenoxy) is 4. The summed E-state index contributed by atoms with van der Waals surface area (Å²) in [7, 11) is 3.19. The molecule has 0 saturated carbocycles. The lowest BCUT2D eigenvalue weighted by molar-refractivity contribution is 0.282. The van der Waals surface area contributed by atoms with Crippen molar-refractivity contribution in [2.75, 3.05) is 20.8 Å². The van der Waals surface area contributed by atoms with Crippen LogP contribution in [0.1, 0.15) is 11.1 Å². The number of pyridine rings is 2. The highest BCUT2D eigenvalue weighted by Gasteiger charge is 2.11. The van der Waals surface area contributed by atoms with E-state index in [2.05, 4.69) is 9.97 Å². The first kappa shape index (κ1) is 21.2. The fourth-order valence-electron chi connectivity index (χ4n) is 3.24. The van der Waals surface area contributed by atoms with Gasteiger partial charge in [-0.1, -0.05) is 18.2 Å². The molecule has 0 saturated heterocycles. The summed E-state index contributed by atoms with van der Waals surface area (Å²) < 4.78 is 23.9. The van der Waals surface area contributed by atoms with Crippen LogP contribution in [0.15, 0.2) is 65.8 Å². The SMILES string of the molecule is COc1ccccc1CCOc1ncc(Oc2ccc3ncc(C)c(=O)n3c2)cc1OC. The third-order valence-electron chi connectivity index (χ3n) is 4.90. The number of hydrogen-bond acceptors (Lipinski definition) is 7. The topological polar surface area (TPSA) is 84.2 Å². The van der Waals surface area contributed by atoms with E-state index in [0.717, 1.165) is 11.3 Å². The van der Waals surface area contributed by atoms with E-state index < -0.39 is 0 Å². The molecular weight excluding hydrogens is 410 g/mol. The molecule has 1 aromatic carbocycles. The minimum atomic E-state index is -0.144. The van der Waals surface area contributed by atoms with Crippen molar-refractivity contribution < 1.29 is 18.9 Å². The fraction of sp³-hybridized carbons (Fsp3) is 0.208. The molecule has 0 bridgehead atoms. The van der Waals surface area contributed by atoms with Crippen LogP contribution in [-0.2, 0) is 6.42 Å². The summed E-state index contributed by atoms with van der Waals surface area (Å²) in [5.41, 5.74) is 2.00. The average Bonchev–Trinajstić information content (AvgIpc) is 2.82. The van der Waals surface area contributed by atoms with Gasteiger partial charge in [0.2, 0.25) is 0 Å². The summed E-state index contributed by atoms with van der Waals surface area (Å²) in [4.78, 5) is 20.9. The molecule has 0 amide bonds. The second-order valence-electron chi connectivity index (χ2n) is 7.03. The van der Waals surface area contributed by atoms with Gasteiger partial charge in [-0.25, -0.2) is 9.97 Å². The molecule has 0 N–H and O–H groups in total. The molecular formula is C24H23N3O5. The van der Waals surface area contributed by atoms with Crippen molar-refractivity contribution in [2.45, 2.75) is 13.3 Å². The van der Waals surface area contributed by atoms with Crippen LogP contribution < -0.4 is 24.5 Å². The van der Waals surface area contributed by atoms with Gasteiger partial charge in [-0.15, -0.1) is 0 Å². The number of aromatic nitrogens is 3. The van der Waals surface area contributed by atoms with E-state index >= 15 is 0 Å². The van der Waals surface area contributed by atoms with Gasteiger partial charge in [0.1, 0.15) is 22.9 Å². The molecule has 3 aromatic heterocycles. The largest absolute Gasteiger partial charge is 0.496 e. The quantitative estimate of drug-likeness (QED) is 0.418. The standard InChI is InChI=1S/C24H23N3O5/c1-16-13-25-22-9-8-18(15-27(22)24(16)28)32-19-12-21(30-3)23(26-14-19)31-11-10-17-6-4-5-7-20(17)29-2/h4-9,12-15H,10-11H2,1-3H3. The van der Waals surface area contributed by atoms with E-state index in [1.165, 1.54) is 11.5 Å². The van der Waals surface area contributed by atoms with Gasteiger partial charge in [0, 0.05) is 24.2 Å². The number of fused-ring (bicyclic) bond motifs is 1. The van der Waals surface area contributed by atoms with Crippen LogP contribution in [0.3, 0.4) is 0 Å². The van der Waals surface area contributed by atoms with E-state index in [4.69, 9.17) is 18.9 Å². The molecule has 0 fully saturated rings. The Morgan fingerprint density at radius 1 is 0.938 bits per heavy atom. The molecule has 164 valence electrons. The summed E-state index contributed by atoms with van der Waals surface area (Å²) in [5.74, 6) is 2.55. The molecule has 4 aromatic rings. The number of para-hydroxylation sites is 1. The van der Waals surface area contributed by atoms with E-state index in [1.807, 2.05) is 24.3 Å². The predicted molar refractivity (Wildman–Crippen MR) is 119 cm³/mol. The van der Waals surface area contributed by atoms with E-state index in [-0.39, 0.29) is 5.56 Å². The second kappa shape index (κ2) is 9.38. The third kappa shape index (κ3) is 4.49. The summed E-state index contributed by atoms with van der Waals surface area (Å²) >= 11 is 0. The Balaban J connectivity index is 1.48. The van der Waals surface area contributed by atoms with Gasteiger partial charge in [0.15, 0.2) is 5.75 Å². The monoisotopic (exact) mass is 433 g/mol. The normalized spacial score (nSPS) is 10.7. The molecule has 3 heterocycles. The van der Waals surface area contributed by atoms with Gasteiger partial charge in [0.25, 0.3) is 11.4 Å². The van der Waals surface area contributed by atoms with Crippen molar-refractivity contribution >= 4 is 5.65 Å². The molecule has 0 spiro atoms. The van der Waals surface area contributed by atoms with Gasteiger partial charge in [-0.2, -0.15) is 0 Å². The van der Waals surface area contributed by atoms with Crippen molar-refractivity contribution in [1.82, 2.24) is 14.4 Å². The van der Waals surface area contributed by atoms with Crippen LogP contribution >= 0.6 is 0 Å². The predicted octanol–water partition coefficient (Wildman–Crippen LogP) is 3.83. The van der Waals surface area contributed by atoms with Crippen LogP contribution in [0.4, 0.5) is 0 Å². The summed E-state index contributed by atoms with van der Waals surface area (Å²) in [6.07, 6.45) is 5.36. The van der Waals surface area contributed by atoms with Crippen LogP contribution in [0.25, 0.3) is 5.65 Å². The molecule has 0 aliphatic heterocycles. The second-order valence-corrected chi connectivity index (χ2v) is 7.03. The van der Waals surface area contributed by atoms with Gasteiger partial charge in [-0.05, 0) is 30.7 Å². The van der Waals surface area contributed by atoms with E-state index in [0.29, 0.717) is 47.4 Å². The Morgan fingerprint density at radius 2 is 1.75 bits per heavy atom. The molecule has 0 atom stereocenters. The first-order chi connectivity index (χ1) is 15.6. The highest BCUT2D eigenvalue weighted by molar-refractivity contribution is 5.44. The molecule has 0 unspecified atom stereocenters. The minimum absolute atomic E-state index is 0.144. The minimum Gasteiger partial charge on any atom is -0.496 e. The molecule has 0 aliphatic carbocycles. The van der Waals surface area contributed by atoms with Crippen molar-refractivity contribution in [2.24, 2.45) is 0 Å². The fourth-order valence-corrected chi connectivity index (χ4v) is 3.24. The molecule has 32 heavy (non-hydrogen) atoms. The lowest BCUT2D eigenvalue weighted by Gasteiger charge is -2.13. The van der Waals surface area contributed by atoms with Crippen LogP contribution in [0.5, 0.6) is 28.9 Å². The van der Waals surface area contributed by atoms with Crippen molar-refractivity contribution in [3.63, 3.8) is 0 Å². The number of aryl methyl sites for hydroxylation is 1. The number of hydrogen-bond donors (Lipinski definition) is 0. The highest BCUT2D eigenvalue weighted by atomic mass is 16.5. The van der Waals surface area contributed by atoms with Crippen LogP contribution in [0.2, 0.25) is 0 Å². The van der Waals surface area contributed by atoms with Gasteiger partial charge < -0.3 is 18.9 Å². The van der Waals surface area contributed by atoms with E-state index in [1.54, 1.807) is 50.8 Å². The first-order valence-corrected chi connectivity index (χ1v) is 10.0. The zero-order chi connectivity index (χ0) is 22.5. The van der Waals surface area contributed by atoms with Crippen molar-refractivity contribution in [3.05, 3.63) is 82.5 Å².